The molecule has 0 aromatic carbocycles. The smallest absolute Gasteiger partial charge is 0.164 e. The van der Waals surface area contributed by atoms with Crippen LogP contribution in [0.15, 0.2) is 0 Å². The maximum absolute atomic E-state index is 12.0. The molecule has 0 aromatic rings. The molecule has 86 valence electrons. The average Bonchev–Trinajstić information content (AvgIpc) is 2.58. The Morgan fingerprint density at radius 3 is 2.67 bits per heavy atom. The van der Waals surface area contributed by atoms with Crippen LogP contribution in [0.25, 0.3) is 0 Å². The van der Waals surface area contributed by atoms with Crippen LogP contribution < -0.4 is 0 Å². The SMILES string of the molecule is CC(C)(C)[C@H]1CCC(=O)[C@]2(CCCO2)C1. The second-order valence-corrected chi connectivity index (χ2v) is 6.18. The maximum atomic E-state index is 12.0. The molecule has 1 aliphatic carbocycles. The first kappa shape index (κ1) is 11.1. The van der Waals surface area contributed by atoms with Gasteiger partial charge in [0.2, 0.25) is 0 Å². The first-order valence-electron chi connectivity index (χ1n) is 6.11. The van der Waals surface area contributed by atoms with Crippen LogP contribution in [0.5, 0.6) is 0 Å². The number of rotatable bonds is 0. The van der Waals surface area contributed by atoms with Crippen molar-refractivity contribution in [1.82, 2.24) is 0 Å². The summed E-state index contributed by atoms with van der Waals surface area (Å²) in [6.07, 6.45) is 4.74. The highest BCUT2D eigenvalue weighted by molar-refractivity contribution is 5.88. The fraction of sp³-hybridized carbons (Fsp3) is 0.923. The van der Waals surface area contributed by atoms with Gasteiger partial charge in [0.15, 0.2) is 5.78 Å². The molecule has 2 atom stereocenters. The molecule has 2 fully saturated rings. The van der Waals surface area contributed by atoms with Gasteiger partial charge in [0.1, 0.15) is 5.60 Å². The molecule has 2 nitrogen and oxygen atoms in total. The van der Waals surface area contributed by atoms with Gasteiger partial charge < -0.3 is 4.74 Å². The molecule has 1 aliphatic heterocycles. The van der Waals surface area contributed by atoms with Crippen molar-refractivity contribution >= 4 is 5.78 Å². The molecule has 1 saturated carbocycles. The molecule has 0 aromatic heterocycles. The quantitative estimate of drug-likeness (QED) is 0.614. The Kier molecular flexibility index (Phi) is 2.66. The van der Waals surface area contributed by atoms with Gasteiger partial charge in [-0.25, -0.2) is 0 Å². The van der Waals surface area contributed by atoms with Gasteiger partial charge in [-0.15, -0.1) is 0 Å². The number of carbonyl (C=O) groups is 1. The number of hydrogen-bond donors (Lipinski definition) is 0. The van der Waals surface area contributed by atoms with Crippen LogP contribution in [0.3, 0.4) is 0 Å². The van der Waals surface area contributed by atoms with Crippen molar-refractivity contribution in [3.05, 3.63) is 0 Å². The fourth-order valence-electron chi connectivity index (χ4n) is 2.96. The summed E-state index contributed by atoms with van der Waals surface area (Å²) >= 11 is 0. The zero-order valence-electron chi connectivity index (χ0n) is 10.1. The second kappa shape index (κ2) is 3.58. The molecule has 0 radical (unpaired) electrons. The highest BCUT2D eigenvalue weighted by Crippen LogP contribution is 2.45. The van der Waals surface area contributed by atoms with E-state index in [0.717, 1.165) is 38.7 Å². The van der Waals surface area contributed by atoms with Crippen LogP contribution in [0.2, 0.25) is 0 Å². The van der Waals surface area contributed by atoms with E-state index in [0.29, 0.717) is 17.1 Å². The average molecular weight is 210 g/mol. The summed E-state index contributed by atoms with van der Waals surface area (Å²) in [5.74, 6) is 0.994. The zero-order chi connectivity index (χ0) is 11.1. The van der Waals surface area contributed by atoms with E-state index < -0.39 is 0 Å². The van der Waals surface area contributed by atoms with Crippen molar-refractivity contribution in [2.24, 2.45) is 11.3 Å². The Bertz CT molecular complexity index is 256. The molecule has 1 spiro atoms. The normalized spacial score (nSPS) is 37.5. The Labute approximate surface area is 92.4 Å². The summed E-state index contributed by atoms with van der Waals surface area (Å²) in [7, 11) is 0. The van der Waals surface area contributed by atoms with Crippen LogP contribution in [0.1, 0.15) is 52.9 Å². The third kappa shape index (κ3) is 1.96. The topological polar surface area (TPSA) is 26.3 Å². The first-order valence-corrected chi connectivity index (χ1v) is 6.11. The molecule has 2 heteroatoms. The monoisotopic (exact) mass is 210 g/mol. The van der Waals surface area contributed by atoms with Gasteiger partial charge in [-0.3, -0.25) is 4.79 Å². The van der Waals surface area contributed by atoms with E-state index in [1.54, 1.807) is 0 Å². The lowest BCUT2D eigenvalue weighted by Gasteiger charge is -2.41. The van der Waals surface area contributed by atoms with Gasteiger partial charge in [0, 0.05) is 13.0 Å². The standard InChI is InChI=1S/C13H22O2/c1-12(2,3)10-5-6-11(14)13(9-10)7-4-8-15-13/h10H,4-9H2,1-3H3/t10-,13-/m0/s1. The molecule has 0 unspecified atom stereocenters. The summed E-state index contributed by atoms with van der Waals surface area (Å²) in [5, 5.41) is 0. The van der Waals surface area contributed by atoms with Crippen molar-refractivity contribution in [2.45, 2.75) is 58.5 Å². The molecule has 0 N–H and O–H groups in total. The van der Waals surface area contributed by atoms with Crippen LogP contribution in [-0.4, -0.2) is 18.0 Å². The van der Waals surface area contributed by atoms with Gasteiger partial charge >= 0.3 is 0 Å². The molecule has 2 aliphatic rings. The van der Waals surface area contributed by atoms with Crippen molar-refractivity contribution in [1.29, 1.82) is 0 Å². The van der Waals surface area contributed by atoms with Gasteiger partial charge in [-0.2, -0.15) is 0 Å². The van der Waals surface area contributed by atoms with Gasteiger partial charge in [-0.1, -0.05) is 20.8 Å². The van der Waals surface area contributed by atoms with Gasteiger partial charge in [-0.05, 0) is 37.0 Å². The molecule has 0 amide bonds. The summed E-state index contributed by atoms with van der Waals surface area (Å²) in [4.78, 5) is 12.0. The molecular weight excluding hydrogens is 188 g/mol. The number of Topliss-reactive ketones (excluding diaryl/α,β-unsaturated/α-hetero) is 1. The van der Waals surface area contributed by atoms with E-state index >= 15 is 0 Å². The van der Waals surface area contributed by atoms with Crippen molar-refractivity contribution < 1.29 is 9.53 Å². The Morgan fingerprint density at radius 1 is 1.40 bits per heavy atom. The number of hydrogen-bond acceptors (Lipinski definition) is 2. The minimum atomic E-state index is -0.379. The summed E-state index contributed by atoms with van der Waals surface area (Å²) < 4.78 is 5.77. The van der Waals surface area contributed by atoms with E-state index in [1.165, 1.54) is 0 Å². The lowest BCUT2D eigenvalue weighted by Crippen LogP contribution is -2.46. The molecule has 15 heavy (non-hydrogen) atoms. The number of carbonyl (C=O) groups excluding carboxylic acids is 1. The van der Waals surface area contributed by atoms with Crippen LogP contribution in [0.4, 0.5) is 0 Å². The Morgan fingerprint density at radius 2 is 2.13 bits per heavy atom. The third-order valence-corrected chi connectivity index (χ3v) is 4.13. The molecule has 1 heterocycles. The summed E-state index contributed by atoms with van der Waals surface area (Å²) in [6.45, 7) is 7.60. The summed E-state index contributed by atoms with van der Waals surface area (Å²) in [5.41, 5.74) is -0.0736. The largest absolute Gasteiger partial charge is 0.367 e. The van der Waals surface area contributed by atoms with Gasteiger partial charge in [0.25, 0.3) is 0 Å². The van der Waals surface area contributed by atoms with Crippen molar-refractivity contribution in [2.75, 3.05) is 6.61 Å². The Hall–Kier alpha value is -0.370. The minimum Gasteiger partial charge on any atom is -0.367 e. The predicted molar refractivity (Wildman–Crippen MR) is 59.7 cm³/mol. The van der Waals surface area contributed by atoms with Crippen LogP contribution >= 0.6 is 0 Å². The van der Waals surface area contributed by atoms with Crippen LogP contribution in [-0.2, 0) is 9.53 Å². The highest BCUT2D eigenvalue weighted by atomic mass is 16.5. The molecule has 0 bridgehead atoms. The van der Waals surface area contributed by atoms with E-state index in [9.17, 15) is 4.79 Å². The fourth-order valence-corrected chi connectivity index (χ4v) is 2.96. The first-order chi connectivity index (χ1) is 6.94. The van der Waals surface area contributed by atoms with E-state index in [-0.39, 0.29) is 5.60 Å². The number of ether oxygens (including phenoxy) is 1. The van der Waals surface area contributed by atoms with E-state index in [1.807, 2.05) is 0 Å². The van der Waals surface area contributed by atoms with E-state index in [2.05, 4.69) is 20.8 Å². The van der Waals surface area contributed by atoms with E-state index in [4.69, 9.17) is 4.74 Å². The highest BCUT2D eigenvalue weighted by Gasteiger charge is 2.48. The lowest BCUT2D eigenvalue weighted by atomic mass is 9.66. The molecule has 1 saturated heterocycles. The maximum Gasteiger partial charge on any atom is 0.164 e. The van der Waals surface area contributed by atoms with Crippen LogP contribution in [0, 0.1) is 11.3 Å². The zero-order valence-corrected chi connectivity index (χ0v) is 10.1. The molecule has 2 rings (SSSR count). The summed E-state index contributed by atoms with van der Waals surface area (Å²) in [6, 6.07) is 0. The Balaban J connectivity index is 2.14. The number of ketones is 1. The van der Waals surface area contributed by atoms with Crippen molar-refractivity contribution in [3.8, 4) is 0 Å². The van der Waals surface area contributed by atoms with Crippen molar-refractivity contribution in [3.63, 3.8) is 0 Å². The lowest BCUT2D eigenvalue weighted by molar-refractivity contribution is -0.147. The molecular formula is C13H22O2. The second-order valence-electron chi connectivity index (χ2n) is 6.18. The minimum absolute atomic E-state index is 0.305. The van der Waals surface area contributed by atoms with Gasteiger partial charge in [0.05, 0.1) is 0 Å². The third-order valence-electron chi connectivity index (χ3n) is 4.13. The predicted octanol–water partition coefficient (Wildman–Crippen LogP) is 2.95.